The van der Waals surface area contributed by atoms with Gasteiger partial charge in [-0.25, -0.2) is 0 Å². The molecule has 14 heavy (non-hydrogen) atoms. The average molecular weight is 187 g/mol. The highest BCUT2D eigenvalue weighted by Gasteiger charge is 2.00. The molecule has 0 spiro atoms. The Bertz CT molecular complexity index is 376. The SMILES string of the molecule is Cc1cc(O)cc(C)c1C=CCC#N. The Kier molecular flexibility index (Phi) is 3.30. The molecule has 0 unspecified atom stereocenters. The Morgan fingerprint density at radius 2 is 1.93 bits per heavy atom. The maximum atomic E-state index is 9.31. The highest BCUT2D eigenvalue weighted by Crippen LogP contribution is 2.21. The molecule has 2 heteroatoms. The largest absolute Gasteiger partial charge is 0.508 e. The monoisotopic (exact) mass is 187 g/mol. The maximum Gasteiger partial charge on any atom is 0.116 e. The van der Waals surface area contributed by atoms with E-state index in [0.29, 0.717) is 6.42 Å². The predicted molar refractivity (Wildman–Crippen MR) is 56.8 cm³/mol. The summed E-state index contributed by atoms with van der Waals surface area (Å²) >= 11 is 0. The van der Waals surface area contributed by atoms with Crippen LogP contribution in [0.5, 0.6) is 5.75 Å². The molecule has 0 atom stereocenters. The number of hydrogen-bond donors (Lipinski definition) is 1. The third-order valence-corrected chi connectivity index (χ3v) is 2.07. The third kappa shape index (κ3) is 2.37. The molecule has 0 heterocycles. The van der Waals surface area contributed by atoms with Crippen molar-refractivity contribution in [2.24, 2.45) is 0 Å². The summed E-state index contributed by atoms with van der Waals surface area (Å²) in [5.74, 6) is 0.289. The summed E-state index contributed by atoms with van der Waals surface area (Å²) in [6, 6.07) is 5.49. The van der Waals surface area contributed by atoms with Crippen molar-refractivity contribution in [2.45, 2.75) is 20.3 Å². The van der Waals surface area contributed by atoms with Crippen LogP contribution in [-0.2, 0) is 0 Å². The molecule has 0 saturated carbocycles. The summed E-state index contributed by atoms with van der Waals surface area (Å²) in [4.78, 5) is 0. The highest BCUT2D eigenvalue weighted by molar-refractivity contribution is 5.59. The van der Waals surface area contributed by atoms with E-state index in [4.69, 9.17) is 5.26 Å². The van der Waals surface area contributed by atoms with Crippen LogP contribution in [0.4, 0.5) is 0 Å². The molecule has 72 valence electrons. The van der Waals surface area contributed by atoms with Crippen LogP contribution in [0.25, 0.3) is 6.08 Å². The molecule has 0 saturated heterocycles. The molecule has 0 aliphatic heterocycles. The molecule has 0 radical (unpaired) electrons. The molecule has 1 aromatic carbocycles. The van der Waals surface area contributed by atoms with Crippen molar-refractivity contribution in [1.82, 2.24) is 0 Å². The fourth-order valence-electron chi connectivity index (χ4n) is 1.44. The second-order valence-corrected chi connectivity index (χ2v) is 3.26. The number of benzene rings is 1. The minimum absolute atomic E-state index is 0.289. The highest BCUT2D eigenvalue weighted by atomic mass is 16.3. The number of aryl methyl sites for hydroxylation is 2. The predicted octanol–water partition coefficient (Wildman–Crippen LogP) is 2.94. The molecule has 0 aliphatic rings. The Morgan fingerprint density at radius 3 is 2.43 bits per heavy atom. The standard InChI is InChI=1S/C12H13NO/c1-9-7-11(14)8-10(2)12(9)5-3-4-6-13/h3,5,7-8,14H,4H2,1-2H3. The van der Waals surface area contributed by atoms with Gasteiger partial charge in [-0.3, -0.25) is 0 Å². The average Bonchev–Trinajstić information content (AvgIpc) is 2.09. The summed E-state index contributed by atoms with van der Waals surface area (Å²) in [6.45, 7) is 3.89. The van der Waals surface area contributed by atoms with E-state index >= 15 is 0 Å². The Morgan fingerprint density at radius 1 is 1.36 bits per heavy atom. The third-order valence-electron chi connectivity index (χ3n) is 2.07. The minimum atomic E-state index is 0.289. The summed E-state index contributed by atoms with van der Waals surface area (Å²) < 4.78 is 0. The van der Waals surface area contributed by atoms with E-state index in [9.17, 15) is 5.11 Å². The van der Waals surface area contributed by atoms with Gasteiger partial charge in [0.05, 0.1) is 12.5 Å². The molecule has 1 N–H and O–H groups in total. The first-order chi connectivity index (χ1) is 6.65. The van der Waals surface area contributed by atoms with Crippen molar-refractivity contribution in [2.75, 3.05) is 0 Å². The van der Waals surface area contributed by atoms with Crippen LogP contribution < -0.4 is 0 Å². The summed E-state index contributed by atoms with van der Waals surface area (Å²) in [5.41, 5.74) is 3.13. The normalized spacial score (nSPS) is 10.4. The van der Waals surface area contributed by atoms with Crippen molar-refractivity contribution < 1.29 is 5.11 Å². The van der Waals surface area contributed by atoms with Gasteiger partial charge in [0.15, 0.2) is 0 Å². The smallest absolute Gasteiger partial charge is 0.116 e. The van der Waals surface area contributed by atoms with Gasteiger partial charge in [0.1, 0.15) is 5.75 Å². The van der Waals surface area contributed by atoms with Crippen LogP contribution in [0.3, 0.4) is 0 Å². The van der Waals surface area contributed by atoms with Gasteiger partial charge in [-0.15, -0.1) is 0 Å². The first-order valence-corrected chi connectivity index (χ1v) is 4.49. The topological polar surface area (TPSA) is 44.0 Å². The minimum Gasteiger partial charge on any atom is -0.508 e. The maximum absolute atomic E-state index is 9.31. The first-order valence-electron chi connectivity index (χ1n) is 4.49. The fourth-order valence-corrected chi connectivity index (χ4v) is 1.44. The quantitative estimate of drug-likeness (QED) is 0.773. The summed E-state index contributed by atoms with van der Waals surface area (Å²) in [7, 11) is 0. The zero-order valence-electron chi connectivity index (χ0n) is 8.41. The number of aromatic hydroxyl groups is 1. The lowest BCUT2D eigenvalue weighted by molar-refractivity contribution is 0.474. The van der Waals surface area contributed by atoms with Gasteiger partial charge in [-0.05, 0) is 42.7 Å². The lowest BCUT2D eigenvalue weighted by atomic mass is 10.0. The Labute approximate surface area is 84.1 Å². The van der Waals surface area contributed by atoms with E-state index in [0.717, 1.165) is 16.7 Å². The number of phenolic OH excluding ortho intramolecular Hbond substituents is 1. The van der Waals surface area contributed by atoms with Crippen LogP contribution in [0.2, 0.25) is 0 Å². The number of nitrogens with zero attached hydrogens (tertiary/aromatic N) is 1. The Hall–Kier alpha value is -1.75. The van der Waals surface area contributed by atoms with E-state index in [-0.39, 0.29) is 5.75 Å². The second-order valence-electron chi connectivity index (χ2n) is 3.26. The number of hydrogen-bond acceptors (Lipinski definition) is 2. The van der Waals surface area contributed by atoms with Crippen molar-refractivity contribution in [3.8, 4) is 11.8 Å². The molecule has 1 aromatic rings. The van der Waals surface area contributed by atoms with E-state index in [2.05, 4.69) is 6.07 Å². The van der Waals surface area contributed by atoms with E-state index in [1.807, 2.05) is 26.0 Å². The summed E-state index contributed by atoms with van der Waals surface area (Å²) in [5, 5.41) is 17.7. The van der Waals surface area contributed by atoms with Crippen molar-refractivity contribution in [3.05, 3.63) is 34.9 Å². The molecule has 0 fully saturated rings. The van der Waals surface area contributed by atoms with E-state index in [1.165, 1.54) is 0 Å². The second kappa shape index (κ2) is 4.48. The van der Waals surface area contributed by atoms with Gasteiger partial charge < -0.3 is 5.11 Å². The van der Waals surface area contributed by atoms with Gasteiger partial charge in [0, 0.05) is 0 Å². The number of nitriles is 1. The molecular formula is C12H13NO. The number of allylic oxidation sites excluding steroid dienone is 1. The Balaban J connectivity index is 3.04. The molecule has 0 amide bonds. The van der Waals surface area contributed by atoms with E-state index < -0.39 is 0 Å². The molecular weight excluding hydrogens is 174 g/mol. The summed E-state index contributed by atoms with van der Waals surface area (Å²) in [6.07, 6.45) is 4.17. The van der Waals surface area contributed by atoms with Gasteiger partial charge in [0.2, 0.25) is 0 Å². The number of phenols is 1. The van der Waals surface area contributed by atoms with Crippen LogP contribution in [0.1, 0.15) is 23.1 Å². The van der Waals surface area contributed by atoms with Crippen molar-refractivity contribution in [3.63, 3.8) is 0 Å². The zero-order chi connectivity index (χ0) is 10.6. The molecule has 1 rings (SSSR count). The molecule has 2 nitrogen and oxygen atoms in total. The van der Waals surface area contributed by atoms with E-state index in [1.54, 1.807) is 12.1 Å². The van der Waals surface area contributed by atoms with Crippen LogP contribution >= 0.6 is 0 Å². The fraction of sp³-hybridized carbons (Fsp3) is 0.250. The van der Waals surface area contributed by atoms with Crippen LogP contribution in [0, 0.1) is 25.2 Å². The van der Waals surface area contributed by atoms with Gasteiger partial charge in [0.25, 0.3) is 0 Å². The van der Waals surface area contributed by atoms with Crippen LogP contribution in [-0.4, -0.2) is 5.11 Å². The molecule has 0 aliphatic carbocycles. The van der Waals surface area contributed by atoms with Crippen LogP contribution in [0.15, 0.2) is 18.2 Å². The first kappa shape index (κ1) is 10.3. The lowest BCUT2D eigenvalue weighted by Gasteiger charge is -2.05. The molecule has 0 aromatic heterocycles. The van der Waals surface area contributed by atoms with Gasteiger partial charge in [-0.2, -0.15) is 5.26 Å². The lowest BCUT2D eigenvalue weighted by Crippen LogP contribution is -1.85. The number of rotatable bonds is 2. The van der Waals surface area contributed by atoms with Crippen molar-refractivity contribution >= 4 is 6.08 Å². The molecule has 0 bridgehead atoms. The van der Waals surface area contributed by atoms with Gasteiger partial charge in [-0.1, -0.05) is 12.2 Å². The zero-order valence-corrected chi connectivity index (χ0v) is 8.41. The van der Waals surface area contributed by atoms with Crippen molar-refractivity contribution in [1.29, 1.82) is 5.26 Å². The van der Waals surface area contributed by atoms with Gasteiger partial charge >= 0.3 is 0 Å².